The van der Waals surface area contributed by atoms with Crippen LogP contribution in [0.2, 0.25) is 0 Å². The van der Waals surface area contributed by atoms with Crippen molar-refractivity contribution in [2.45, 2.75) is 20.3 Å². The third-order valence-electron chi connectivity index (χ3n) is 4.58. The van der Waals surface area contributed by atoms with Gasteiger partial charge in [0.05, 0.1) is 0 Å². The molecule has 0 saturated carbocycles. The number of carbonyl (C=O) groups is 2. The lowest BCUT2D eigenvalue weighted by atomic mass is 10.1. The molecule has 0 fully saturated rings. The maximum absolute atomic E-state index is 12.5. The summed E-state index contributed by atoms with van der Waals surface area (Å²) >= 11 is 0. The minimum absolute atomic E-state index is 0.0542. The summed E-state index contributed by atoms with van der Waals surface area (Å²) in [6.07, 6.45) is 0.816. The first-order chi connectivity index (χ1) is 12.0. The van der Waals surface area contributed by atoms with Crippen LogP contribution in [0.15, 0.2) is 36.4 Å². The third kappa shape index (κ3) is 3.56. The average molecular weight is 338 g/mol. The van der Waals surface area contributed by atoms with Crippen molar-refractivity contribution in [3.63, 3.8) is 0 Å². The highest BCUT2D eigenvalue weighted by Crippen LogP contribution is 2.31. The lowest BCUT2D eigenvalue weighted by Gasteiger charge is -2.17. The Morgan fingerprint density at radius 1 is 1.12 bits per heavy atom. The monoisotopic (exact) mass is 338 g/mol. The number of methoxy groups -OCH3 is 1. The van der Waals surface area contributed by atoms with E-state index >= 15 is 0 Å². The fraction of sp³-hybridized carbons (Fsp3) is 0.300. The number of amides is 2. The maximum Gasteiger partial charge on any atom is 0.255 e. The summed E-state index contributed by atoms with van der Waals surface area (Å²) in [5.74, 6) is -0.227. The Bertz CT molecular complexity index is 830. The molecule has 0 saturated heterocycles. The van der Waals surface area contributed by atoms with Gasteiger partial charge in [-0.05, 0) is 61.2 Å². The number of hydrogen-bond donors (Lipinski definition) is 1. The second-order valence-corrected chi connectivity index (χ2v) is 6.33. The van der Waals surface area contributed by atoms with E-state index < -0.39 is 0 Å². The minimum atomic E-state index is -0.157. The van der Waals surface area contributed by atoms with Gasteiger partial charge >= 0.3 is 0 Å². The van der Waals surface area contributed by atoms with Crippen LogP contribution in [0.1, 0.15) is 27.0 Å². The average Bonchev–Trinajstić information content (AvgIpc) is 3.00. The van der Waals surface area contributed by atoms with Crippen molar-refractivity contribution < 1.29 is 14.3 Å². The number of anilines is 2. The Labute approximate surface area is 147 Å². The van der Waals surface area contributed by atoms with E-state index in [0.29, 0.717) is 17.8 Å². The highest BCUT2D eigenvalue weighted by molar-refractivity contribution is 6.05. The van der Waals surface area contributed by atoms with Gasteiger partial charge in [0.25, 0.3) is 11.8 Å². The fourth-order valence-corrected chi connectivity index (χ4v) is 3.00. The summed E-state index contributed by atoms with van der Waals surface area (Å²) in [7, 11) is 1.51. The normalized spacial score (nSPS) is 12.8. The number of fused-ring (bicyclic) bond motifs is 1. The lowest BCUT2D eigenvalue weighted by Crippen LogP contribution is -2.32. The van der Waals surface area contributed by atoms with Gasteiger partial charge < -0.3 is 15.0 Å². The van der Waals surface area contributed by atoms with Crippen molar-refractivity contribution in [3.8, 4) is 0 Å². The molecule has 0 atom stereocenters. The summed E-state index contributed by atoms with van der Waals surface area (Å²) in [4.78, 5) is 26.3. The van der Waals surface area contributed by atoms with Crippen molar-refractivity contribution in [1.29, 1.82) is 0 Å². The van der Waals surface area contributed by atoms with Gasteiger partial charge in [-0.3, -0.25) is 9.59 Å². The van der Waals surface area contributed by atoms with Gasteiger partial charge in [-0.2, -0.15) is 0 Å². The van der Waals surface area contributed by atoms with E-state index in [9.17, 15) is 9.59 Å². The lowest BCUT2D eigenvalue weighted by molar-refractivity contribution is -0.122. The predicted octanol–water partition coefficient (Wildman–Crippen LogP) is 3.09. The van der Waals surface area contributed by atoms with Crippen LogP contribution in [0.3, 0.4) is 0 Å². The largest absolute Gasteiger partial charge is 0.375 e. The molecule has 2 aromatic carbocycles. The first-order valence-electron chi connectivity index (χ1n) is 8.30. The van der Waals surface area contributed by atoms with E-state index in [1.54, 1.807) is 4.90 Å². The van der Waals surface area contributed by atoms with Crippen molar-refractivity contribution in [3.05, 3.63) is 58.7 Å². The molecule has 130 valence electrons. The standard InChI is InChI=1S/C20H22N2O3/c1-13-4-5-16(10-14(13)2)20(24)21-17-7-6-15-8-9-22(18(15)11-17)19(23)12-25-3/h4-7,10-11H,8-9,12H2,1-3H3,(H,21,24). The van der Waals surface area contributed by atoms with E-state index in [2.05, 4.69) is 5.32 Å². The Balaban J connectivity index is 1.80. The predicted molar refractivity (Wildman–Crippen MR) is 98.2 cm³/mol. The van der Waals surface area contributed by atoms with E-state index in [0.717, 1.165) is 28.8 Å². The van der Waals surface area contributed by atoms with Gasteiger partial charge in [-0.1, -0.05) is 12.1 Å². The topological polar surface area (TPSA) is 58.6 Å². The molecule has 1 aliphatic rings. The van der Waals surface area contributed by atoms with Crippen molar-refractivity contribution in [1.82, 2.24) is 0 Å². The molecule has 0 bridgehead atoms. The molecule has 25 heavy (non-hydrogen) atoms. The van der Waals surface area contributed by atoms with Crippen LogP contribution in [-0.4, -0.2) is 32.1 Å². The van der Waals surface area contributed by atoms with E-state index in [4.69, 9.17) is 4.74 Å². The van der Waals surface area contributed by atoms with Crippen LogP contribution >= 0.6 is 0 Å². The number of aryl methyl sites for hydroxylation is 2. The summed E-state index contributed by atoms with van der Waals surface area (Å²) < 4.78 is 4.94. The van der Waals surface area contributed by atoms with Crippen LogP contribution in [0, 0.1) is 13.8 Å². The smallest absolute Gasteiger partial charge is 0.255 e. The summed E-state index contributed by atoms with van der Waals surface area (Å²) in [5.41, 5.74) is 5.49. The van der Waals surface area contributed by atoms with Crippen LogP contribution in [0.25, 0.3) is 0 Å². The molecule has 1 heterocycles. The SMILES string of the molecule is COCC(=O)N1CCc2ccc(NC(=O)c3ccc(C)c(C)c3)cc21. The highest BCUT2D eigenvalue weighted by atomic mass is 16.5. The second-order valence-electron chi connectivity index (χ2n) is 6.33. The molecule has 1 aliphatic heterocycles. The van der Waals surface area contributed by atoms with E-state index in [1.807, 2.05) is 50.2 Å². The first-order valence-corrected chi connectivity index (χ1v) is 8.30. The Morgan fingerprint density at radius 2 is 1.92 bits per heavy atom. The molecular weight excluding hydrogens is 316 g/mol. The van der Waals surface area contributed by atoms with Crippen LogP contribution in [0.4, 0.5) is 11.4 Å². The first kappa shape index (κ1) is 17.2. The third-order valence-corrected chi connectivity index (χ3v) is 4.58. The quantitative estimate of drug-likeness (QED) is 0.932. The molecule has 2 amide bonds. The maximum atomic E-state index is 12.5. The van der Waals surface area contributed by atoms with Gasteiger partial charge in [0.2, 0.25) is 0 Å². The van der Waals surface area contributed by atoms with E-state index in [-0.39, 0.29) is 18.4 Å². The molecule has 1 N–H and O–H groups in total. The number of rotatable bonds is 4. The van der Waals surface area contributed by atoms with Gasteiger partial charge in [-0.15, -0.1) is 0 Å². The Morgan fingerprint density at radius 3 is 2.64 bits per heavy atom. The molecule has 0 spiro atoms. The molecular formula is C20H22N2O3. The Hall–Kier alpha value is -2.66. The zero-order valence-electron chi connectivity index (χ0n) is 14.8. The number of hydrogen-bond acceptors (Lipinski definition) is 3. The van der Waals surface area contributed by atoms with Crippen LogP contribution in [0.5, 0.6) is 0 Å². The molecule has 3 rings (SSSR count). The highest BCUT2D eigenvalue weighted by Gasteiger charge is 2.24. The van der Waals surface area contributed by atoms with Gasteiger partial charge in [0, 0.05) is 30.6 Å². The molecule has 2 aromatic rings. The summed E-state index contributed by atoms with van der Waals surface area (Å²) in [5, 5.41) is 2.92. The zero-order chi connectivity index (χ0) is 18.0. The number of nitrogens with one attached hydrogen (secondary N) is 1. The van der Waals surface area contributed by atoms with E-state index in [1.165, 1.54) is 7.11 Å². The number of benzene rings is 2. The van der Waals surface area contributed by atoms with Crippen molar-refractivity contribution in [2.24, 2.45) is 0 Å². The van der Waals surface area contributed by atoms with Gasteiger partial charge in [-0.25, -0.2) is 0 Å². The molecule has 5 heteroatoms. The van der Waals surface area contributed by atoms with Crippen molar-refractivity contribution in [2.75, 3.05) is 30.5 Å². The second kappa shape index (κ2) is 7.07. The van der Waals surface area contributed by atoms with Crippen LogP contribution < -0.4 is 10.2 Å². The molecule has 0 unspecified atom stereocenters. The summed E-state index contributed by atoms with van der Waals surface area (Å²) in [6.45, 7) is 4.70. The number of ether oxygens (including phenoxy) is 1. The Kier molecular flexibility index (Phi) is 4.86. The van der Waals surface area contributed by atoms with Gasteiger partial charge in [0.1, 0.15) is 6.61 Å². The summed E-state index contributed by atoms with van der Waals surface area (Å²) in [6, 6.07) is 11.3. The molecule has 0 aliphatic carbocycles. The molecule has 5 nitrogen and oxygen atoms in total. The van der Waals surface area contributed by atoms with Crippen molar-refractivity contribution >= 4 is 23.2 Å². The van der Waals surface area contributed by atoms with Crippen LogP contribution in [-0.2, 0) is 16.0 Å². The number of carbonyl (C=O) groups excluding carboxylic acids is 2. The number of nitrogens with zero attached hydrogens (tertiary/aromatic N) is 1. The van der Waals surface area contributed by atoms with Gasteiger partial charge in [0.15, 0.2) is 0 Å². The molecule has 0 radical (unpaired) electrons. The minimum Gasteiger partial charge on any atom is -0.375 e. The molecule has 0 aromatic heterocycles. The fourth-order valence-electron chi connectivity index (χ4n) is 3.00. The zero-order valence-corrected chi connectivity index (χ0v) is 14.8.